The smallest absolute Gasteiger partial charge is 0.307 e. The molecule has 6 heteroatoms. The number of carbonyl (C=O) groups excluding carboxylic acids is 2. The number of benzene rings is 1. The van der Waals surface area contributed by atoms with Crippen molar-refractivity contribution in [1.82, 2.24) is 4.90 Å². The highest BCUT2D eigenvalue weighted by Gasteiger charge is 2.23. The summed E-state index contributed by atoms with van der Waals surface area (Å²) in [6.07, 6.45) is 2.13. The maximum absolute atomic E-state index is 12.5. The minimum Gasteiger partial charge on any atom is -0.484 e. The van der Waals surface area contributed by atoms with E-state index in [1.54, 1.807) is 4.90 Å². The number of rotatable bonds is 8. The first-order valence-electron chi connectivity index (χ1n) is 8.24. The Morgan fingerprint density at radius 3 is 2.67 bits per heavy atom. The molecule has 1 saturated heterocycles. The van der Waals surface area contributed by atoms with E-state index in [1.807, 2.05) is 31.2 Å². The molecule has 24 heavy (non-hydrogen) atoms. The van der Waals surface area contributed by atoms with Crippen molar-refractivity contribution < 1.29 is 23.8 Å². The van der Waals surface area contributed by atoms with Crippen LogP contribution in [-0.4, -0.2) is 56.3 Å². The van der Waals surface area contributed by atoms with Crippen LogP contribution in [0.1, 0.15) is 24.8 Å². The van der Waals surface area contributed by atoms with E-state index in [4.69, 9.17) is 9.47 Å². The van der Waals surface area contributed by atoms with E-state index in [1.165, 1.54) is 7.11 Å². The first kappa shape index (κ1) is 18.3. The average Bonchev–Trinajstić information content (AvgIpc) is 3.10. The zero-order valence-electron chi connectivity index (χ0n) is 14.3. The largest absolute Gasteiger partial charge is 0.484 e. The molecule has 1 atom stereocenters. The van der Waals surface area contributed by atoms with E-state index in [2.05, 4.69) is 4.74 Å². The summed E-state index contributed by atoms with van der Waals surface area (Å²) in [7, 11) is 1.34. The molecule has 0 aliphatic carbocycles. The van der Waals surface area contributed by atoms with Gasteiger partial charge in [0.1, 0.15) is 5.75 Å². The zero-order chi connectivity index (χ0) is 17.4. The van der Waals surface area contributed by atoms with Gasteiger partial charge in [-0.15, -0.1) is 0 Å². The van der Waals surface area contributed by atoms with E-state index < -0.39 is 0 Å². The molecule has 1 heterocycles. The topological polar surface area (TPSA) is 65.1 Å². The van der Waals surface area contributed by atoms with Crippen molar-refractivity contribution in [3.05, 3.63) is 29.8 Å². The van der Waals surface area contributed by atoms with Gasteiger partial charge in [-0.2, -0.15) is 0 Å². The molecule has 2 rings (SSSR count). The molecule has 132 valence electrons. The Hall–Kier alpha value is -2.08. The van der Waals surface area contributed by atoms with Gasteiger partial charge in [-0.3, -0.25) is 9.59 Å². The molecular weight excluding hydrogens is 310 g/mol. The molecule has 0 bridgehead atoms. The fraction of sp³-hybridized carbons (Fsp3) is 0.556. The lowest BCUT2D eigenvalue weighted by Gasteiger charge is -2.25. The van der Waals surface area contributed by atoms with Gasteiger partial charge in [0, 0.05) is 19.7 Å². The first-order valence-corrected chi connectivity index (χ1v) is 8.24. The fourth-order valence-electron chi connectivity index (χ4n) is 2.55. The Morgan fingerprint density at radius 1 is 1.29 bits per heavy atom. The van der Waals surface area contributed by atoms with E-state index in [0.29, 0.717) is 18.8 Å². The van der Waals surface area contributed by atoms with E-state index in [-0.39, 0.29) is 31.0 Å². The van der Waals surface area contributed by atoms with Crippen LogP contribution in [0.3, 0.4) is 0 Å². The maximum Gasteiger partial charge on any atom is 0.307 e. The highest BCUT2D eigenvalue weighted by Crippen LogP contribution is 2.15. The van der Waals surface area contributed by atoms with Crippen molar-refractivity contribution in [3.8, 4) is 5.75 Å². The lowest BCUT2D eigenvalue weighted by molar-refractivity contribution is -0.142. The number of nitrogens with zero attached hydrogens (tertiary/aromatic N) is 1. The number of hydrogen-bond donors (Lipinski definition) is 0. The first-order chi connectivity index (χ1) is 11.6. The number of ether oxygens (including phenoxy) is 3. The number of esters is 1. The Labute approximate surface area is 142 Å². The van der Waals surface area contributed by atoms with Crippen molar-refractivity contribution in [2.45, 2.75) is 32.3 Å². The molecule has 1 fully saturated rings. The number of hydrogen-bond acceptors (Lipinski definition) is 5. The number of carbonyl (C=O) groups is 2. The molecule has 0 N–H and O–H groups in total. The normalized spacial score (nSPS) is 16.7. The zero-order valence-corrected chi connectivity index (χ0v) is 14.3. The summed E-state index contributed by atoms with van der Waals surface area (Å²) in [5.41, 5.74) is 1.13. The van der Waals surface area contributed by atoms with Crippen LogP contribution >= 0.6 is 0 Å². The predicted octanol–water partition coefficient (Wildman–Crippen LogP) is 1.94. The molecule has 1 unspecified atom stereocenters. The summed E-state index contributed by atoms with van der Waals surface area (Å²) in [6, 6.07) is 7.53. The van der Waals surface area contributed by atoms with Crippen molar-refractivity contribution >= 4 is 11.9 Å². The molecule has 0 saturated carbocycles. The molecule has 0 spiro atoms. The molecule has 0 radical (unpaired) electrons. The van der Waals surface area contributed by atoms with Crippen LogP contribution in [0, 0.1) is 6.92 Å². The Balaban J connectivity index is 1.88. The SMILES string of the molecule is COC(=O)CCN(CC1CCCO1)C(=O)COc1ccc(C)cc1. The summed E-state index contributed by atoms with van der Waals surface area (Å²) in [5, 5.41) is 0. The molecule has 1 aliphatic heterocycles. The molecule has 6 nitrogen and oxygen atoms in total. The Kier molecular flexibility index (Phi) is 7.06. The van der Waals surface area contributed by atoms with Crippen molar-refractivity contribution in [3.63, 3.8) is 0 Å². The number of aryl methyl sites for hydroxylation is 1. The minimum atomic E-state index is -0.334. The summed E-state index contributed by atoms with van der Waals surface area (Å²) < 4.78 is 15.8. The minimum absolute atomic E-state index is 0.0333. The number of methoxy groups -OCH3 is 1. The van der Waals surface area contributed by atoms with E-state index >= 15 is 0 Å². The molecular formula is C18H25NO5. The van der Waals surface area contributed by atoms with Crippen molar-refractivity contribution in [2.75, 3.05) is 33.4 Å². The van der Waals surface area contributed by atoms with E-state index in [0.717, 1.165) is 25.0 Å². The Bertz CT molecular complexity index is 537. The fourth-order valence-corrected chi connectivity index (χ4v) is 2.55. The van der Waals surface area contributed by atoms with Gasteiger partial charge in [0.25, 0.3) is 5.91 Å². The van der Waals surface area contributed by atoms with Crippen LogP contribution in [0.5, 0.6) is 5.75 Å². The average molecular weight is 335 g/mol. The van der Waals surface area contributed by atoms with Crippen molar-refractivity contribution in [2.24, 2.45) is 0 Å². The number of amides is 1. The molecule has 1 aromatic rings. The summed E-state index contributed by atoms with van der Waals surface area (Å²) in [5.74, 6) is 0.161. The van der Waals surface area contributed by atoms with Crippen LogP contribution in [0.4, 0.5) is 0 Å². The van der Waals surface area contributed by atoms with Gasteiger partial charge in [0.05, 0.1) is 19.6 Å². The second-order valence-corrected chi connectivity index (χ2v) is 5.90. The van der Waals surface area contributed by atoms with Crippen LogP contribution in [0.25, 0.3) is 0 Å². The van der Waals surface area contributed by atoms with Gasteiger partial charge in [-0.05, 0) is 31.9 Å². The monoisotopic (exact) mass is 335 g/mol. The third-order valence-corrected chi connectivity index (χ3v) is 4.00. The third kappa shape index (κ3) is 5.85. The van der Waals surface area contributed by atoms with E-state index in [9.17, 15) is 9.59 Å². The second-order valence-electron chi connectivity index (χ2n) is 5.90. The molecule has 1 amide bonds. The lowest BCUT2D eigenvalue weighted by atomic mass is 10.2. The molecule has 1 aliphatic rings. The quantitative estimate of drug-likeness (QED) is 0.679. The maximum atomic E-state index is 12.5. The van der Waals surface area contributed by atoms with Gasteiger partial charge in [-0.25, -0.2) is 0 Å². The Morgan fingerprint density at radius 2 is 2.04 bits per heavy atom. The summed E-state index contributed by atoms with van der Waals surface area (Å²) >= 11 is 0. The van der Waals surface area contributed by atoms with Gasteiger partial charge >= 0.3 is 5.97 Å². The molecule has 0 aromatic heterocycles. The standard InChI is InChI=1S/C18H25NO5/c1-14-5-7-15(8-6-14)24-13-17(20)19(10-9-18(21)22-2)12-16-4-3-11-23-16/h5-8,16H,3-4,9-13H2,1-2H3. The predicted molar refractivity (Wildman–Crippen MR) is 88.9 cm³/mol. The third-order valence-electron chi connectivity index (χ3n) is 4.00. The van der Waals surface area contributed by atoms with Crippen LogP contribution < -0.4 is 4.74 Å². The second kappa shape index (κ2) is 9.27. The van der Waals surface area contributed by atoms with Crippen LogP contribution in [0.15, 0.2) is 24.3 Å². The lowest BCUT2D eigenvalue weighted by Crippen LogP contribution is -2.41. The summed E-state index contributed by atoms with van der Waals surface area (Å²) in [4.78, 5) is 25.5. The molecule has 1 aromatic carbocycles. The van der Waals surface area contributed by atoms with Crippen LogP contribution in [0.2, 0.25) is 0 Å². The van der Waals surface area contributed by atoms with Gasteiger partial charge in [0.2, 0.25) is 0 Å². The summed E-state index contributed by atoms with van der Waals surface area (Å²) in [6.45, 7) is 3.45. The van der Waals surface area contributed by atoms with Gasteiger partial charge in [-0.1, -0.05) is 17.7 Å². The van der Waals surface area contributed by atoms with Gasteiger partial charge < -0.3 is 19.1 Å². The van der Waals surface area contributed by atoms with Crippen LogP contribution in [-0.2, 0) is 19.1 Å². The highest BCUT2D eigenvalue weighted by atomic mass is 16.5. The van der Waals surface area contributed by atoms with Crippen molar-refractivity contribution in [1.29, 1.82) is 0 Å². The van der Waals surface area contributed by atoms with Gasteiger partial charge in [0.15, 0.2) is 6.61 Å². The highest BCUT2D eigenvalue weighted by molar-refractivity contribution is 5.78.